The largest absolute Gasteiger partial charge is 0.467 e. The van der Waals surface area contributed by atoms with E-state index in [0.717, 1.165) is 11.0 Å². The number of halogens is 1. The van der Waals surface area contributed by atoms with E-state index in [0.29, 0.717) is 23.7 Å². The van der Waals surface area contributed by atoms with Gasteiger partial charge in [-0.15, -0.1) is 0 Å². The van der Waals surface area contributed by atoms with Gasteiger partial charge in [0.25, 0.3) is 6.47 Å². The summed E-state index contributed by atoms with van der Waals surface area (Å²) in [5.74, 6) is 0. The van der Waals surface area contributed by atoms with Crippen LogP contribution in [-0.4, -0.2) is 23.0 Å². The van der Waals surface area contributed by atoms with E-state index in [4.69, 9.17) is 11.6 Å². The van der Waals surface area contributed by atoms with E-state index in [9.17, 15) is 4.79 Å². The molecule has 0 aliphatic heterocycles. The molecule has 5 heteroatoms. The lowest BCUT2D eigenvalue weighted by Gasteiger charge is -2.04. The second-order valence-corrected chi connectivity index (χ2v) is 3.52. The first-order valence-electron chi connectivity index (χ1n) is 4.77. The Bertz CT molecular complexity index is 516. The van der Waals surface area contributed by atoms with Crippen molar-refractivity contribution < 1.29 is 9.53 Å². The van der Waals surface area contributed by atoms with Crippen LogP contribution in [0.4, 0.5) is 0 Å². The molecular formula is C11H9ClN2O2. The van der Waals surface area contributed by atoms with Crippen LogP contribution in [0.3, 0.4) is 0 Å². The Kier molecular flexibility index (Phi) is 3.31. The van der Waals surface area contributed by atoms with Crippen LogP contribution in [0.1, 0.15) is 5.69 Å². The second kappa shape index (κ2) is 4.90. The predicted molar refractivity (Wildman–Crippen MR) is 60.3 cm³/mol. The van der Waals surface area contributed by atoms with Gasteiger partial charge in [0.1, 0.15) is 0 Å². The molecule has 1 heterocycles. The molecule has 0 bridgehead atoms. The summed E-state index contributed by atoms with van der Waals surface area (Å²) in [4.78, 5) is 18.6. The molecule has 0 radical (unpaired) electrons. The number of benzene rings is 1. The van der Waals surface area contributed by atoms with Crippen molar-refractivity contribution in [3.8, 4) is 0 Å². The van der Waals surface area contributed by atoms with Crippen molar-refractivity contribution in [2.24, 2.45) is 0 Å². The Labute approximate surface area is 97.2 Å². The van der Waals surface area contributed by atoms with Crippen LogP contribution in [0.2, 0.25) is 5.15 Å². The van der Waals surface area contributed by atoms with Gasteiger partial charge in [-0.05, 0) is 12.1 Å². The molecule has 16 heavy (non-hydrogen) atoms. The number of carbonyl (C=O) groups is 1. The molecular weight excluding hydrogens is 228 g/mol. The van der Waals surface area contributed by atoms with E-state index in [1.165, 1.54) is 0 Å². The summed E-state index contributed by atoms with van der Waals surface area (Å²) in [5, 5.41) is 0.355. The van der Waals surface area contributed by atoms with Gasteiger partial charge in [-0.25, -0.2) is 9.97 Å². The molecule has 0 saturated carbocycles. The molecule has 82 valence electrons. The third-order valence-corrected chi connectivity index (χ3v) is 2.42. The van der Waals surface area contributed by atoms with Crippen molar-refractivity contribution in [2.75, 3.05) is 6.61 Å². The molecule has 0 saturated heterocycles. The standard InChI is InChI=1S/C11H9ClN2O2/c12-11-10(5-6-16-7-15)13-8-3-1-2-4-9(8)14-11/h1-4,7H,5-6H2. The minimum absolute atomic E-state index is 0.260. The average molecular weight is 237 g/mol. The number of fused-ring (bicyclic) bond motifs is 1. The van der Waals surface area contributed by atoms with Crippen molar-refractivity contribution in [3.05, 3.63) is 35.1 Å². The van der Waals surface area contributed by atoms with E-state index < -0.39 is 0 Å². The van der Waals surface area contributed by atoms with Gasteiger partial charge in [0.05, 0.1) is 23.3 Å². The lowest BCUT2D eigenvalue weighted by atomic mass is 10.2. The van der Waals surface area contributed by atoms with E-state index in [1.54, 1.807) is 0 Å². The lowest BCUT2D eigenvalue weighted by molar-refractivity contribution is -0.128. The second-order valence-electron chi connectivity index (χ2n) is 3.17. The molecule has 0 aliphatic rings. The molecule has 0 unspecified atom stereocenters. The number of ether oxygens (including phenoxy) is 1. The van der Waals surface area contributed by atoms with Crippen LogP contribution in [0.15, 0.2) is 24.3 Å². The highest BCUT2D eigenvalue weighted by Crippen LogP contribution is 2.17. The van der Waals surface area contributed by atoms with Gasteiger partial charge in [0, 0.05) is 6.42 Å². The number of aromatic nitrogens is 2. The molecule has 0 fully saturated rings. The molecule has 0 N–H and O–H groups in total. The Morgan fingerprint density at radius 2 is 1.94 bits per heavy atom. The van der Waals surface area contributed by atoms with Gasteiger partial charge in [0.2, 0.25) is 0 Å². The van der Waals surface area contributed by atoms with Crippen LogP contribution >= 0.6 is 11.6 Å². The summed E-state index contributed by atoms with van der Waals surface area (Å²) in [6.45, 7) is 0.665. The van der Waals surface area contributed by atoms with Crippen LogP contribution in [0.5, 0.6) is 0 Å². The van der Waals surface area contributed by atoms with Crippen molar-refractivity contribution in [3.63, 3.8) is 0 Å². The van der Waals surface area contributed by atoms with Crippen molar-refractivity contribution in [1.82, 2.24) is 9.97 Å². The number of nitrogens with zero attached hydrogens (tertiary/aromatic N) is 2. The predicted octanol–water partition coefficient (Wildman–Crippen LogP) is 2.00. The quantitative estimate of drug-likeness (QED) is 0.602. The summed E-state index contributed by atoms with van der Waals surface area (Å²) in [5.41, 5.74) is 2.18. The van der Waals surface area contributed by atoms with E-state index in [2.05, 4.69) is 14.7 Å². The molecule has 0 amide bonds. The van der Waals surface area contributed by atoms with Crippen LogP contribution in [0, 0.1) is 0 Å². The van der Waals surface area contributed by atoms with E-state index in [-0.39, 0.29) is 6.61 Å². The zero-order valence-electron chi connectivity index (χ0n) is 8.39. The van der Waals surface area contributed by atoms with E-state index in [1.807, 2.05) is 24.3 Å². The average Bonchev–Trinajstić information content (AvgIpc) is 2.30. The Morgan fingerprint density at radius 3 is 2.62 bits per heavy atom. The summed E-state index contributed by atoms with van der Waals surface area (Å²) in [6.07, 6.45) is 0.468. The minimum Gasteiger partial charge on any atom is -0.467 e. The first-order chi connectivity index (χ1) is 7.81. The molecule has 0 atom stereocenters. The molecule has 1 aromatic carbocycles. The van der Waals surface area contributed by atoms with Crippen molar-refractivity contribution in [1.29, 1.82) is 0 Å². The fourth-order valence-corrected chi connectivity index (χ4v) is 1.61. The van der Waals surface area contributed by atoms with E-state index >= 15 is 0 Å². The number of hydrogen-bond acceptors (Lipinski definition) is 4. The summed E-state index contributed by atoms with van der Waals surface area (Å²) < 4.78 is 4.60. The topological polar surface area (TPSA) is 52.1 Å². The lowest BCUT2D eigenvalue weighted by Crippen LogP contribution is -2.01. The molecule has 2 rings (SSSR count). The smallest absolute Gasteiger partial charge is 0.293 e. The Hall–Kier alpha value is -1.68. The minimum atomic E-state index is 0.260. The monoisotopic (exact) mass is 236 g/mol. The van der Waals surface area contributed by atoms with Crippen LogP contribution < -0.4 is 0 Å². The first kappa shape index (κ1) is 10.8. The van der Waals surface area contributed by atoms with Gasteiger partial charge < -0.3 is 4.74 Å². The fraction of sp³-hybridized carbons (Fsp3) is 0.182. The highest BCUT2D eigenvalue weighted by atomic mass is 35.5. The zero-order valence-corrected chi connectivity index (χ0v) is 9.15. The highest BCUT2D eigenvalue weighted by Gasteiger charge is 2.06. The third kappa shape index (κ3) is 2.28. The summed E-state index contributed by atoms with van der Waals surface area (Å²) in [6, 6.07) is 7.47. The normalized spacial score (nSPS) is 10.3. The van der Waals surface area contributed by atoms with Gasteiger partial charge in [-0.1, -0.05) is 23.7 Å². The van der Waals surface area contributed by atoms with Crippen LogP contribution in [0.25, 0.3) is 11.0 Å². The van der Waals surface area contributed by atoms with Gasteiger partial charge in [-0.3, -0.25) is 4.79 Å². The number of hydrogen-bond donors (Lipinski definition) is 0. The van der Waals surface area contributed by atoms with Gasteiger partial charge in [-0.2, -0.15) is 0 Å². The van der Waals surface area contributed by atoms with Gasteiger partial charge >= 0.3 is 0 Å². The zero-order chi connectivity index (χ0) is 11.4. The van der Waals surface area contributed by atoms with Gasteiger partial charge in [0.15, 0.2) is 5.15 Å². The molecule has 1 aromatic heterocycles. The Morgan fingerprint density at radius 1 is 1.25 bits per heavy atom. The molecule has 0 spiro atoms. The molecule has 4 nitrogen and oxygen atoms in total. The maximum absolute atomic E-state index is 10.0. The molecule has 0 aliphatic carbocycles. The number of rotatable bonds is 4. The third-order valence-electron chi connectivity index (χ3n) is 2.12. The first-order valence-corrected chi connectivity index (χ1v) is 5.15. The highest BCUT2D eigenvalue weighted by molar-refractivity contribution is 6.30. The molecule has 2 aromatic rings. The van der Waals surface area contributed by atoms with Crippen molar-refractivity contribution >= 4 is 29.1 Å². The maximum atomic E-state index is 10.0. The summed E-state index contributed by atoms with van der Waals surface area (Å²) in [7, 11) is 0. The number of carbonyl (C=O) groups excluding carboxylic acids is 1. The van der Waals surface area contributed by atoms with Crippen LogP contribution in [-0.2, 0) is 16.0 Å². The SMILES string of the molecule is O=COCCc1nc2ccccc2nc1Cl. The number of para-hydroxylation sites is 2. The fourth-order valence-electron chi connectivity index (χ4n) is 1.38. The Balaban J connectivity index is 2.30. The summed E-state index contributed by atoms with van der Waals surface area (Å²) >= 11 is 5.96. The maximum Gasteiger partial charge on any atom is 0.293 e. The van der Waals surface area contributed by atoms with Crippen molar-refractivity contribution in [2.45, 2.75) is 6.42 Å².